The van der Waals surface area contributed by atoms with Crippen molar-refractivity contribution in [1.82, 2.24) is 9.88 Å². The molecule has 152 valence electrons. The van der Waals surface area contributed by atoms with Crippen molar-refractivity contribution >= 4 is 23.2 Å². The van der Waals surface area contributed by atoms with Crippen LogP contribution in [-0.2, 0) is 21.5 Å². The lowest BCUT2D eigenvalue weighted by molar-refractivity contribution is -0.137. The van der Waals surface area contributed by atoms with Crippen LogP contribution in [-0.4, -0.2) is 42.0 Å². The second-order valence-corrected chi connectivity index (χ2v) is 9.79. The van der Waals surface area contributed by atoms with Crippen LogP contribution < -0.4 is 5.73 Å². The number of carbonyl (C=O) groups is 1. The maximum atomic E-state index is 13.7. The van der Waals surface area contributed by atoms with Crippen LogP contribution in [0, 0.1) is 12.3 Å². The van der Waals surface area contributed by atoms with E-state index < -0.39 is 5.54 Å². The Hall–Kier alpha value is -2.25. The normalized spacial score (nSPS) is 31.0. The molecule has 1 aromatic carbocycles. The van der Waals surface area contributed by atoms with Crippen molar-refractivity contribution < 1.29 is 9.53 Å². The second kappa shape index (κ2) is 6.37. The van der Waals surface area contributed by atoms with Gasteiger partial charge in [0, 0.05) is 25.8 Å². The molecule has 1 amide bonds. The average Bonchev–Trinajstić information content (AvgIpc) is 3.34. The van der Waals surface area contributed by atoms with E-state index in [1.54, 1.807) is 25.5 Å². The van der Waals surface area contributed by atoms with Crippen molar-refractivity contribution in [3.8, 4) is 10.4 Å². The van der Waals surface area contributed by atoms with Gasteiger partial charge < -0.3 is 10.5 Å². The number of methoxy groups -OCH3 is 1. The van der Waals surface area contributed by atoms with Crippen LogP contribution in [0.3, 0.4) is 0 Å². The molecule has 0 bridgehead atoms. The number of aryl methyl sites for hydroxylation is 1. The molecule has 1 aromatic heterocycles. The maximum Gasteiger partial charge on any atom is 0.262 e. The molecule has 1 aliphatic heterocycles. The van der Waals surface area contributed by atoms with Gasteiger partial charge in [-0.25, -0.2) is 9.98 Å². The molecule has 2 aliphatic carbocycles. The fourth-order valence-corrected chi connectivity index (χ4v) is 6.35. The van der Waals surface area contributed by atoms with Gasteiger partial charge in [0.2, 0.25) is 0 Å². The minimum Gasteiger partial charge on any atom is -0.381 e. The molecular weight excluding hydrogens is 384 g/mol. The van der Waals surface area contributed by atoms with Crippen LogP contribution >= 0.6 is 11.3 Å². The topological polar surface area (TPSA) is 80.8 Å². The monoisotopic (exact) mass is 410 g/mol. The van der Waals surface area contributed by atoms with Gasteiger partial charge in [-0.15, -0.1) is 11.3 Å². The van der Waals surface area contributed by atoms with E-state index in [-0.39, 0.29) is 17.4 Å². The molecule has 2 heterocycles. The number of amides is 1. The molecule has 2 aromatic rings. The zero-order valence-electron chi connectivity index (χ0n) is 17.1. The molecule has 1 atom stereocenters. The molecule has 6 nitrogen and oxygen atoms in total. The summed E-state index contributed by atoms with van der Waals surface area (Å²) in [5.41, 5.74) is 8.37. The number of nitrogens with zero attached hydrogens (tertiary/aromatic N) is 3. The highest BCUT2D eigenvalue weighted by atomic mass is 32.1. The van der Waals surface area contributed by atoms with E-state index in [0.29, 0.717) is 5.96 Å². The minimum atomic E-state index is -0.921. The minimum absolute atomic E-state index is 0.00209. The van der Waals surface area contributed by atoms with E-state index in [0.717, 1.165) is 53.1 Å². The van der Waals surface area contributed by atoms with Crippen molar-refractivity contribution in [1.29, 1.82) is 0 Å². The molecular formula is C22H26N4O2S. The van der Waals surface area contributed by atoms with E-state index in [2.05, 4.69) is 23.2 Å². The summed E-state index contributed by atoms with van der Waals surface area (Å²) in [4.78, 5) is 25.6. The predicted octanol–water partition coefficient (Wildman–Crippen LogP) is 3.23. The number of thiazole rings is 1. The Morgan fingerprint density at radius 2 is 2.07 bits per heavy atom. The summed E-state index contributed by atoms with van der Waals surface area (Å²) in [6.07, 6.45) is 6.73. The van der Waals surface area contributed by atoms with Gasteiger partial charge in [0.15, 0.2) is 11.5 Å². The number of hydrogen-bond acceptors (Lipinski definition) is 6. The Labute approximate surface area is 174 Å². The molecule has 0 saturated heterocycles. The van der Waals surface area contributed by atoms with Gasteiger partial charge in [0.25, 0.3) is 5.91 Å². The number of likely N-dealkylation sites (N-methyl/N-ethyl adjacent to an activating group) is 1. The summed E-state index contributed by atoms with van der Waals surface area (Å²) in [6, 6.07) is 6.48. The van der Waals surface area contributed by atoms with Crippen molar-refractivity contribution in [3.05, 3.63) is 40.5 Å². The van der Waals surface area contributed by atoms with Crippen molar-refractivity contribution in [2.45, 2.75) is 50.7 Å². The SMILES string of the molecule is COC1CCC2(CC1)Cc1ccc(-c3cnc(C)s3)cc1C21N=C(N)N(C)C1=O. The molecule has 7 heteroatoms. The Balaban J connectivity index is 1.67. The first-order chi connectivity index (χ1) is 13.9. The highest BCUT2D eigenvalue weighted by molar-refractivity contribution is 7.15. The number of aliphatic imine (C=N–C) groups is 1. The van der Waals surface area contributed by atoms with Crippen LogP contribution in [0.2, 0.25) is 0 Å². The summed E-state index contributed by atoms with van der Waals surface area (Å²) >= 11 is 1.67. The number of carbonyl (C=O) groups excluding carboxylic acids is 1. The smallest absolute Gasteiger partial charge is 0.262 e. The molecule has 1 saturated carbocycles. The van der Waals surface area contributed by atoms with E-state index >= 15 is 0 Å². The number of hydrogen-bond donors (Lipinski definition) is 1. The third-order valence-corrected chi connectivity index (χ3v) is 8.13. The maximum absolute atomic E-state index is 13.7. The molecule has 5 rings (SSSR count). The number of benzene rings is 1. The first-order valence-corrected chi connectivity index (χ1v) is 10.9. The number of ether oxygens (including phenoxy) is 1. The number of aromatic nitrogens is 1. The Kier molecular flexibility index (Phi) is 4.12. The molecule has 3 aliphatic rings. The van der Waals surface area contributed by atoms with Gasteiger partial charge in [-0.3, -0.25) is 9.69 Å². The van der Waals surface area contributed by atoms with Crippen LogP contribution in [0.25, 0.3) is 10.4 Å². The predicted molar refractivity (Wildman–Crippen MR) is 114 cm³/mol. The van der Waals surface area contributed by atoms with Crippen LogP contribution in [0.5, 0.6) is 0 Å². The highest BCUT2D eigenvalue weighted by Crippen LogP contribution is 2.62. The number of fused-ring (bicyclic) bond motifs is 3. The first kappa shape index (κ1) is 18.8. The summed E-state index contributed by atoms with van der Waals surface area (Å²) in [5.74, 6) is 0.317. The van der Waals surface area contributed by atoms with Gasteiger partial charge in [-0.1, -0.05) is 12.1 Å². The molecule has 2 N–H and O–H groups in total. The van der Waals surface area contributed by atoms with E-state index in [9.17, 15) is 4.79 Å². The van der Waals surface area contributed by atoms with Crippen LogP contribution in [0.4, 0.5) is 0 Å². The molecule has 2 spiro atoms. The van der Waals surface area contributed by atoms with Crippen molar-refractivity contribution in [3.63, 3.8) is 0 Å². The van der Waals surface area contributed by atoms with Gasteiger partial charge >= 0.3 is 0 Å². The molecule has 1 unspecified atom stereocenters. The Bertz CT molecular complexity index is 1020. The van der Waals surface area contributed by atoms with Crippen molar-refractivity contribution in [2.75, 3.05) is 14.2 Å². The fourth-order valence-electron chi connectivity index (χ4n) is 5.57. The Morgan fingerprint density at radius 3 is 2.66 bits per heavy atom. The lowest BCUT2D eigenvalue weighted by Crippen LogP contribution is -2.51. The molecule has 0 radical (unpaired) electrons. The third-order valence-electron chi connectivity index (χ3n) is 7.16. The van der Waals surface area contributed by atoms with E-state index in [1.165, 1.54) is 10.5 Å². The Morgan fingerprint density at radius 1 is 1.31 bits per heavy atom. The van der Waals surface area contributed by atoms with Crippen molar-refractivity contribution in [2.24, 2.45) is 16.1 Å². The number of guanidine groups is 1. The summed E-state index contributed by atoms with van der Waals surface area (Å²) in [7, 11) is 3.51. The number of nitrogens with two attached hydrogens (primary N) is 1. The lowest BCUT2D eigenvalue weighted by atomic mass is 9.61. The van der Waals surface area contributed by atoms with E-state index in [4.69, 9.17) is 15.5 Å². The molecule has 1 fully saturated rings. The van der Waals surface area contributed by atoms with Crippen LogP contribution in [0.15, 0.2) is 29.4 Å². The molecule has 29 heavy (non-hydrogen) atoms. The largest absolute Gasteiger partial charge is 0.381 e. The summed E-state index contributed by atoms with van der Waals surface area (Å²) in [6.45, 7) is 2.01. The first-order valence-electron chi connectivity index (χ1n) is 10.1. The average molecular weight is 411 g/mol. The fraction of sp³-hybridized carbons (Fsp3) is 0.500. The van der Waals surface area contributed by atoms with E-state index in [1.807, 2.05) is 13.1 Å². The number of rotatable bonds is 2. The third kappa shape index (κ3) is 2.47. The second-order valence-electron chi connectivity index (χ2n) is 8.55. The summed E-state index contributed by atoms with van der Waals surface area (Å²) < 4.78 is 5.61. The van der Waals surface area contributed by atoms with Crippen LogP contribution in [0.1, 0.15) is 41.8 Å². The highest BCUT2D eigenvalue weighted by Gasteiger charge is 2.66. The lowest BCUT2D eigenvalue weighted by Gasteiger charge is -2.45. The quantitative estimate of drug-likeness (QED) is 0.824. The van der Waals surface area contributed by atoms with Gasteiger partial charge in [-0.2, -0.15) is 0 Å². The van der Waals surface area contributed by atoms with Gasteiger partial charge in [-0.05, 0) is 61.8 Å². The zero-order valence-corrected chi connectivity index (χ0v) is 17.9. The van der Waals surface area contributed by atoms with Gasteiger partial charge in [0.05, 0.1) is 16.0 Å². The standard InChI is InChI=1S/C22H26N4O2S/c1-13-24-12-18(29-13)14-4-5-15-11-21(8-6-16(28-3)7-9-21)22(17(15)10-14)19(27)26(2)20(23)25-22/h4-5,10,12,16H,6-9,11H2,1-3H3,(H2,23,25). The van der Waals surface area contributed by atoms with Gasteiger partial charge in [0.1, 0.15) is 0 Å². The zero-order chi connectivity index (χ0) is 20.4. The summed E-state index contributed by atoms with van der Waals surface area (Å²) in [5, 5.41) is 1.03.